The molecule has 1 saturated heterocycles. The number of nitrogens with zero attached hydrogens (tertiary/aromatic N) is 1. The molecule has 110 valence electrons. The fraction of sp³-hybridized carbons (Fsp3) is 0.500. The summed E-state index contributed by atoms with van der Waals surface area (Å²) in [5, 5.41) is 2.79. The first-order valence-electron chi connectivity index (χ1n) is 6.67. The summed E-state index contributed by atoms with van der Waals surface area (Å²) in [5.74, 6) is -0.725. The lowest BCUT2D eigenvalue weighted by Crippen LogP contribution is -2.47. The summed E-state index contributed by atoms with van der Waals surface area (Å²) in [5.41, 5.74) is 0.314. The van der Waals surface area contributed by atoms with Gasteiger partial charge in [-0.15, -0.1) is 0 Å². The van der Waals surface area contributed by atoms with Crippen LogP contribution in [0.2, 0.25) is 0 Å². The van der Waals surface area contributed by atoms with Gasteiger partial charge < -0.3 is 10.1 Å². The van der Waals surface area contributed by atoms with Crippen LogP contribution >= 0.6 is 15.9 Å². The highest BCUT2D eigenvalue weighted by atomic mass is 79.9. The van der Waals surface area contributed by atoms with Gasteiger partial charge in [-0.1, -0.05) is 6.92 Å². The van der Waals surface area contributed by atoms with Gasteiger partial charge in [0, 0.05) is 25.2 Å². The van der Waals surface area contributed by atoms with Crippen LogP contribution in [0.3, 0.4) is 0 Å². The van der Waals surface area contributed by atoms with Crippen molar-refractivity contribution in [3.63, 3.8) is 0 Å². The Morgan fingerprint density at radius 3 is 3.10 bits per heavy atom. The van der Waals surface area contributed by atoms with E-state index >= 15 is 0 Å². The fourth-order valence-corrected chi connectivity index (χ4v) is 2.38. The molecular formula is C14H18BrFN2O2. The van der Waals surface area contributed by atoms with E-state index in [9.17, 15) is 9.18 Å². The van der Waals surface area contributed by atoms with Gasteiger partial charge in [-0.2, -0.15) is 0 Å². The Balaban J connectivity index is 1.87. The summed E-state index contributed by atoms with van der Waals surface area (Å²) in [6, 6.07) is 4.34. The number of benzene rings is 1. The Morgan fingerprint density at radius 1 is 1.60 bits per heavy atom. The highest BCUT2D eigenvalue weighted by Crippen LogP contribution is 2.16. The lowest BCUT2D eigenvalue weighted by molar-refractivity contribution is -0.0246. The largest absolute Gasteiger partial charge is 0.374 e. The lowest BCUT2D eigenvalue weighted by atomic mass is 10.2. The van der Waals surface area contributed by atoms with E-state index in [0.717, 1.165) is 19.6 Å². The third kappa shape index (κ3) is 4.01. The lowest BCUT2D eigenvalue weighted by Gasteiger charge is -2.32. The van der Waals surface area contributed by atoms with Crippen molar-refractivity contribution < 1.29 is 13.9 Å². The average molecular weight is 345 g/mol. The summed E-state index contributed by atoms with van der Waals surface area (Å²) < 4.78 is 19.3. The molecule has 6 heteroatoms. The Hall–Kier alpha value is -0.980. The van der Waals surface area contributed by atoms with E-state index in [2.05, 4.69) is 33.1 Å². The number of nitrogens with one attached hydrogen (secondary N) is 1. The monoisotopic (exact) mass is 344 g/mol. The highest BCUT2D eigenvalue weighted by Gasteiger charge is 2.20. The maximum Gasteiger partial charge on any atom is 0.251 e. The smallest absolute Gasteiger partial charge is 0.251 e. The molecule has 1 unspecified atom stereocenters. The van der Waals surface area contributed by atoms with Crippen molar-refractivity contribution in [1.29, 1.82) is 0 Å². The van der Waals surface area contributed by atoms with Gasteiger partial charge in [-0.05, 0) is 40.7 Å². The van der Waals surface area contributed by atoms with Crippen LogP contribution < -0.4 is 5.32 Å². The second-order valence-electron chi connectivity index (χ2n) is 4.72. The predicted molar refractivity (Wildman–Crippen MR) is 78.3 cm³/mol. The molecule has 0 radical (unpaired) electrons. The summed E-state index contributed by atoms with van der Waals surface area (Å²) in [4.78, 5) is 14.2. The number of rotatable bonds is 4. The van der Waals surface area contributed by atoms with Crippen LogP contribution in [-0.2, 0) is 4.74 Å². The molecule has 4 nitrogen and oxygen atoms in total. The van der Waals surface area contributed by atoms with Crippen LogP contribution in [0.1, 0.15) is 17.3 Å². The van der Waals surface area contributed by atoms with Gasteiger partial charge in [0.1, 0.15) is 5.82 Å². The van der Waals surface area contributed by atoms with Gasteiger partial charge in [-0.25, -0.2) is 4.39 Å². The SMILES string of the molecule is CCN1CCOC(CNC(=O)c2ccc(Br)c(F)c2)C1. The van der Waals surface area contributed by atoms with E-state index in [1.165, 1.54) is 12.1 Å². The van der Waals surface area contributed by atoms with Crippen LogP contribution in [0.5, 0.6) is 0 Å². The molecule has 1 fully saturated rings. The Kier molecular flexibility index (Phi) is 5.51. The number of carbonyl (C=O) groups is 1. The Bertz CT molecular complexity index is 484. The molecule has 0 bridgehead atoms. The third-order valence-electron chi connectivity index (χ3n) is 3.34. The maximum atomic E-state index is 13.4. The topological polar surface area (TPSA) is 41.6 Å². The second-order valence-corrected chi connectivity index (χ2v) is 5.58. The second kappa shape index (κ2) is 7.15. The molecule has 0 aromatic heterocycles. The quantitative estimate of drug-likeness (QED) is 0.908. The summed E-state index contributed by atoms with van der Waals surface area (Å²) in [6.07, 6.45) is -0.00653. The molecule has 0 spiro atoms. The maximum absolute atomic E-state index is 13.4. The third-order valence-corrected chi connectivity index (χ3v) is 3.99. The molecule has 0 aliphatic carbocycles. The van der Waals surface area contributed by atoms with Crippen LogP contribution in [0.4, 0.5) is 4.39 Å². The van der Waals surface area contributed by atoms with Crippen LogP contribution in [-0.4, -0.2) is 49.7 Å². The number of hydrogen-bond acceptors (Lipinski definition) is 3. The van der Waals surface area contributed by atoms with E-state index in [1.807, 2.05) is 0 Å². The van der Waals surface area contributed by atoms with E-state index in [4.69, 9.17) is 4.74 Å². The van der Waals surface area contributed by atoms with Crippen molar-refractivity contribution in [3.8, 4) is 0 Å². The number of halogens is 2. The molecule has 1 N–H and O–H groups in total. The van der Waals surface area contributed by atoms with Gasteiger partial charge in [0.25, 0.3) is 5.91 Å². The van der Waals surface area contributed by atoms with Crippen LogP contribution in [0.25, 0.3) is 0 Å². The zero-order chi connectivity index (χ0) is 14.5. The first kappa shape index (κ1) is 15.4. The predicted octanol–water partition coefficient (Wildman–Crippen LogP) is 2.04. The average Bonchev–Trinajstić information content (AvgIpc) is 2.47. The number of likely N-dealkylation sites (N-methyl/N-ethyl adjacent to an activating group) is 1. The van der Waals surface area contributed by atoms with Gasteiger partial charge in [-0.3, -0.25) is 9.69 Å². The summed E-state index contributed by atoms with van der Waals surface area (Å²) >= 11 is 3.06. The van der Waals surface area contributed by atoms with E-state index in [1.54, 1.807) is 6.07 Å². The number of amides is 1. The van der Waals surface area contributed by atoms with Crippen molar-refractivity contribution >= 4 is 21.8 Å². The molecule has 0 saturated carbocycles. The minimum atomic E-state index is -0.441. The number of morpholine rings is 1. The molecule has 1 heterocycles. The van der Waals surface area contributed by atoms with Crippen molar-refractivity contribution in [3.05, 3.63) is 34.1 Å². The molecule has 2 rings (SSSR count). The van der Waals surface area contributed by atoms with E-state index in [0.29, 0.717) is 23.2 Å². The fourth-order valence-electron chi connectivity index (χ4n) is 2.14. The first-order chi connectivity index (χ1) is 9.60. The zero-order valence-corrected chi connectivity index (χ0v) is 13.0. The Labute approximate surface area is 126 Å². The molecule has 1 aromatic rings. The molecule has 1 aliphatic heterocycles. The standard InChI is InChI=1S/C14H18BrFN2O2/c1-2-18-5-6-20-11(9-18)8-17-14(19)10-3-4-12(15)13(16)7-10/h3-4,7,11H,2,5-6,8-9H2,1H3,(H,17,19). The molecule has 20 heavy (non-hydrogen) atoms. The van der Waals surface area contributed by atoms with Crippen LogP contribution in [0, 0.1) is 5.82 Å². The van der Waals surface area contributed by atoms with Crippen molar-refractivity contribution in [2.45, 2.75) is 13.0 Å². The number of ether oxygens (including phenoxy) is 1. The van der Waals surface area contributed by atoms with Crippen LogP contribution in [0.15, 0.2) is 22.7 Å². The van der Waals surface area contributed by atoms with Crippen molar-refractivity contribution in [1.82, 2.24) is 10.2 Å². The highest BCUT2D eigenvalue weighted by molar-refractivity contribution is 9.10. The molecule has 1 atom stereocenters. The van der Waals surface area contributed by atoms with Gasteiger partial charge in [0.2, 0.25) is 0 Å². The van der Waals surface area contributed by atoms with Gasteiger partial charge in [0.05, 0.1) is 17.2 Å². The zero-order valence-electron chi connectivity index (χ0n) is 11.4. The van der Waals surface area contributed by atoms with E-state index < -0.39 is 5.82 Å². The molecule has 1 aliphatic rings. The first-order valence-corrected chi connectivity index (χ1v) is 7.46. The molecular weight excluding hydrogens is 327 g/mol. The number of carbonyl (C=O) groups excluding carboxylic acids is 1. The Morgan fingerprint density at radius 2 is 2.40 bits per heavy atom. The molecule has 1 amide bonds. The minimum Gasteiger partial charge on any atom is -0.374 e. The van der Waals surface area contributed by atoms with Crippen molar-refractivity contribution in [2.75, 3.05) is 32.8 Å². The number of hydrogen-bond donors (Lipinski definition) is 1. The molecule has 1 aromatic carbocycles. The van der Waals surface area contributed by atoms with Gasteiger partial charge in [0.15, 0.2) is 0 Å². The minimum absolute atomic E-state index is 0.00653. The van der Waals surface area contributed by atoms with E-state index in [-0.39, 0.29) is 12.0 Å². The summed E-state index contributed by atoms with van der Waals surface area (Å²) in [7, 11) is 0. The summed E-state index contributed by atoms with van der Waals surface area (Å²) in [6.45, 7) is 5.94. The van der Waals surface area contributed by atoms with Gasteiger partial charge >= 0.3 is 0 Å². The normalized spacial score (nSPS) is 19.9. The van der Waals surface area contributed by atoms with Crippen molar-refractivity contribution in [2.24, 2.45) is 0 Å².